The predicted molar refractivity (Wildman–Crippen MR) is 94.4 cm³/mol. The molecule has 0 radical (unpaired) electrons. The topological polar surface area (TPSA) is 26.0 Å². The van der Waals surface area contributed by atoms with Crippen LogP contribution < -0.4 is 5.73 Å². The molecule has 0 fully saturated rings. The third-order valence-electron chi connectivity index (χ3n) is 3.48. The SMILES string of the molecule is Cc1cc(Br)ccc1C(N)c1csc2c(Br)cccc12. The molecule has 2 N–H and O–H groups in total. The highest BCUT2D eigenvalue weighted by Gasteiger charge is 2.16. The van der Waals surface area contributed by atoms with Gasteiger partial charge < -0.3 is 5.73 Å². The van der Waals surface area contributed by atoms with E-state index in [2.05, 4.69) is 74.5 Å². The summed E-state index contributed by atoms with van der Waals surface area (Å²) in [5, 5.41) is 3.40. The molecule has 0 aliphatic heterocycles. The van der Waals surface area contributed by atoms with Crippen LogP contribution in [0.3, 0.4) is 0 Å². The number of hydrogen-bond acceptors (Lipinski definition) is 2. The van der Waals surface area contributed by atoms with Gasteiger partial charge in [-0.25, -0.2) is 0 Å². The molecule has 2 aromatic carbocycles. The number of halogens is 2. The largest absolute Gasteiger partial charge is 0.320 e. The average Bonchev–Trinajstić information content (AvgIpc) is 2.83. The van der Waals surface area contributed by atoms with Crippen LogP contribution in [0.5, 0.6) is 0 Å². The van der Waals surface area contributed by atoms with Crippen LogP contribution in [-0.4, -0.2) is 0 Å². The summed E-state index contributed by atoms with van der Waals surface area (Å²) in [5.41, 5.74) is 10.1. The highest BCUT2D eigenvalue weighted by molar-refractivity contribution is 9.11. The van der Waals surface area contributed by atoms with E-state index < -0.39 is 0 Å². The van der Waals surface area contributed by atoms with Gasteiger partial charge in [-0.2, -0.15) is 0 Å². The number of benzene rings is 2. The van der Waals surface area contributed by atoms with Crippen LogP contribution >= 0.6 is 43.2 Å². The highest BCUT2D eigenvalue weighted by atomic mass is 79.9. The minimum atomic E-state index is -0.0915. The lowest BCUT2D eigenvalue weighted by Crippen LogP contribution is -2.12. The predicted octanol–water partition coefficient (Wildman–Crippen LogP) is 5.78. The first-order chi connectivity index (χ1) is 9.58. The minimum absolute atomic E-state index is 0.0915. The molecule has 20 heavy (non-hydrogen) atoms. The van der Waals surface area contributed by atoms with Crippen LogP contribution in [0.4, 0.5) is 0 Å². The zero-order valence-electron chi connectivity index (χ0n) is 10.9. The molecule has 0 aliphatic carbocycles. The van der Waals surface area contributed by atoms with Gasteiger partial charge in [0.25, 0.3) is 0 Å². The molecule has 0 bridgehead atoms. The Morgan fingerprint density at radius 3 is 2.65 bits per heavy atom. The average molecular weight is 411 g/mol. The molecule has 0 spiro atoms. The highest BCUT2D eigenvalue weighted by Crippen LogP contribution is 2.37. The van der Waals surface area contributed by atoms with Crippen LogP contribution in [0.1, 0.15) is 22.7 Å². The monoisotopic (exact) mass is 409 g/mol. The first kappa shape index (κ1) is 14.3. The van der Waals surface area contributed by atoms with E-state index in [9.17, 15) is 0 Å². The molecule has 1 aromatic heterocycles. The van der Waals surface area contributed by atoms with E-state index in [1.807, 2.05) is 6.07 Å². The Balaban J connectivity index is 2.13. The Morgan fingerprint density at radius 2 is 1.90 bits per heavy atom. The van der Waals surface area contributed by atoms with Gasteiger partial charge in [-0.1, -0.05) is 34.1 Å². The van der Waals surface area contributed by atoms with E-state index in [1.165, 1.54) is 26.8 Å². The summed E-state index contributed by atoms with van der Waals surface area (Å²) in [4.78, 5) is 0. The maximum absolute atomic E-state index is 6.50. The van der Waals surface area contributed by atoms with Crippen molar-refractivity contribution >= 4 is 53.3 Å². The summed E-state index contributed by atoms with van der Waals surface area (Å²) in [6.45, 7) is 2.10. The van der Waals surface area contributed by atoms with E-state index in [0.717, 1.165) is 8.95 Å². The minimum Gasteiger partial charge on any atom is -0.320 e. The lowest BCUT2D eigenvalue weighted by Gasteiger charge is -2.15. The van der Waals surface area contributed by atoms with Gasteiger partial charge in [0.05, 0.1) is 6.04 Å². The number of rotatable bonds is 2. The van der Waals surface area contributed by atoms with E-state index in [-0.39, 0.29) is 6.04 Å². The molecular formula is C16H13Br2NS. The van der Waals surface area contributed by atoms with Gasteiger partial charge in [-0.15, -0.1) is 11.3 Å². The summed E-state index contributed by atoms with van der Waals surface area (Å²) in [6.07, 6.45) is 0. The number of nitrogens with two attached hydrogens (primary N) is 1. The second-order valence-corrected chi connectivity index (χ2v) is 7.44. The van der Waals surface area contributed by atoms with Gasteiger partial charge in [-0.3, -0.25) is 0 Å². The van der Waals surface area contributed by atoms with Gasteiger partial charge in [0.1, 0.15) is 0 Å². The lowest BCUT2D eigenvalue weighted by molar-refractivity contribution is 0.873. The lowest BCUT2D eigenvalue weighted by atomic mass is 9.95. The molecule has 1 atom stereocenters. The molecule has 0 amide bonds. The molecule has 3 rings (SSSR count). The van der Waals surface area contributed by atoms with Crippen LogP contribution in [0.15, 0.2) is 50.7 Å². The first-order valence-corrected chi connectivity index (χ1v) is 8.71. The van der Waals surface area contributed by atoms with Gasteiger partial charge in [0.15, 0.2) is 0 Å². The van der Waals surface area contributed by atoms with Crippen molar-refractivity contribution in [3.05, 3.63) is 67.4 Å². The van der Waals surface area contributed by atoms with Gasteiger partial charge >= 0.3 is 0 Å². The molecule has 3 aromatic rings. The van der Waals surface area contributed by atoms with Crippen molar-refractivity contribution in [2.24, 2.45) is 5.73 Å². The quantitative estimate of drug-likeness (QED) is 0.568. The Bertz CT molecular complexity index is 779. The first-order valence-electron chi connectivity index (χ1n) is 6.25. The summed E-state index contributed by atoms with van der Waals surface area (Å²) < 4.78 is 3.47. The molecule has 1 unspecified atom stereocenters. The Labute approximate surface area is 139 Å². The molecule has 0 saturated heterocycles. The van der Waals surface area contributed by atoms with Gasteiger partial charge in [-0.05, 0) is 68.5 Å². The normalized spacial score (nSPS) is 12.8. The smallest absolute Gasteiger partial charge is 0.0568 e. The fourth-order valence-corrected chi connectivity index (χ4v) is 4.57. The Kier molecular flexibility index (Phi) is 4.00. The Morgan fingerprint density at radius 1 is 1.10 bits per heavy atom. The maximum Gasteiger partial charge on any atom is 0.0568 e. The van der Waals surface area contributed by atoms with Crippen LogP contribution in [0.25, 0.3) is 10.1 Å². The van der Waals surface area contributed by atoms with Crippen LogP contribution in [0.2, 0.25) is 0 Å². The van der Waals surface area contributed by atoms with Crippen molar-refractivity contribution in [2.75, 3.05) is 0 Å². The number of fused-ring (bicyclic) bond motifs is 1. The number of aryl methyl sites for hydroxylation is 1. The zero-order chi connectivity index (χ0) is 14.3. The standard InChI is InChI=1S/C16H13Br2NS/c1-9-7-10(17)5-6-11(9)15(19)13-8-20-16-12(13)3-2-4-14(16)18/h2-8,15H,19H2,1H3. The molecule has 4 heteroatoms. The summed E-state index contributed by atoms with van der Waals surface area (Å²) in [6, 6.07) is 12.4. The summed E-state index contributed by atoms with van der Waals surface area (Å²) in [5.74, 6) is 0. The molecule has 1 heterocycles. The zero-order valence-corrected chi connectivity index (χ0v) is 14.8. The van der Waals surface area contributed by atoms with E-state index in [4.69, 9.17) is 5.73 Å². The van der Waals surface area contributed by atoms with Crippen molar-refractivity contribution in [3.63, 3.8) is 0 Å². The van der Waals surface area contributed by atoms with Crippen molar-refractivity contribution in [2.45, 2.75) is 13.0 Å². The molecule has 102 valence electrons. The van der Waals surface area contributed by atoms with Crippen LogP contribution in [-0.2, 0) is 0 Å². The second kappa shape index (κ2) is 5.60. The molecular weight excluding hydrogens is 398 g/mol. The van der Waals surface area contributed by atoms with Gasteiger partial charge in [0, 0.05) is 13.6 Å². The number of hydrogen-bond donors (Lipinski definition) is 1. The number of thiophene rings is 1. The fourth-order valence-electron chi connectivity index (χ4n) is 2.44. The summed E-state index contributed by atoms with van der Waals surface area (Å²) >= 11 is 8.84. The van der Waals surface area contributed by atoms with E-state index in [1.54, 1.807) is 11.3 Å². The molecule has 0 aliphatic rings. The third-order valence-corrected chi connectivity index (χ3v) is 5.95. The van der Waals surface area contributed by atoms with E-state index >= 15 is 0 Å². The third kappa shape index (κ3) is 2.46. The van der Waals surface area contributed by atoms with E-state index in [0.29, 0.717) is 0 Å². The van der Waals surface area contributed by atoms with Crippen molar-refractivity contribution in [3.8, 4) is 0 Å². The van der Waals surface area contributed by atoms with Crippen molar-refractivity contribution in [1.29, 1.82) is 0 Å². The maximum atomic E-state index is 6.50. The van der Waals surface area contributed by atoms with Crippen LogP contribution in [0, 0.1) is 6.92 Å². The van der Waals surface area contributed by atoms with Gasteiger partial charge in [0.2, 0.25) is 0 Å². The second-order valence-electron chi connectivity index (χ2n) is 4.79. The molecule has 1 nitrogen and oxygen atoms in total. The Hall–Kier alpha value is -0.680. The fraction of sp³-hybridized carbons (Fsp3) is 0.125. The molecule has 0 saturated carbocycles. The van der Waals surface area contributed by atoms with Crippen molar-refractivity contribution in [1.82, 2.24) is 0 Å². The van der Waals surface area contributed by atoms with Crippen molar-refractivity contribution < 1.29 is 0 Å². The summed E-state index contributed by atoms with van der Waals surface area (Å²) in [7, 11) is 0.